The van der Waals surface area contributed by atoms with Crippen molar-refractivity contribution in [3.05, 3.63) is 33.4 Å². The molecule has 0 saturated carbocycles. The highest BCUT2D eigenvalue weighted by molar-refractivity contribution is 5.90. The van der Waals surface area contributed by atoms with E-state index >= 15 is 0 Å². The lowest BCUT2D eigenvalue weighted by Gasteiger charge is -2.21. The van der Waals surface area contributed by atoms with Crippen LogP contribution in [0.4, 0.5) is 11.4 Å². The second-order valence-corrected chi connectivity index (χ2v) is 4.79. The monoisotopic (exact) mass is 280 g/mol. The summed E-state index contributed by atoms with van der Waals surface area (Å²) in [7, 11) is 1.62. The lowest BCUT2D eigenvalue weighted by molar-refractivity contribution is -0.385. The van der Waals surface area contributed by atoms with E-state index in [1.54, 1.807) is 14.0 Å². The van der Waals surface area contributed by atoms with Gasteiger partial charge in [-0.15, -0.1) is 0 Å². The molecule has 0 radical (unpaired) electrons. The Bertz CT molecular complexity index is 558. The fourth-order valence-electron chi connectivity index (χ4n) is 2.46. The Morgan fingerprint density at radius 2 is 2.25 bits per heavy atom. The van der Waals surface area contributed by atoms with Crippen LogP contribution in [-0.4, -0.2) is 42.3 Å². The lowest BCUT2D eigenvalue weighted by atomic mass is 10.1. The third-order valence-electron chi connectivity index (χ3n) is 3.62. The van der Waals surface area contributed by atoms with Gasteiger partial charge >= 0.3 is 5.97 Å². The third-order valence-corrected chi connectivity index (χ3v) is 3.62. The molecule has 1 unspecified atom stereocenters. The molecule has 20 heavy (non-hydrogen) atoms. The Balaban J connectivity index is 2.46. The molecule has 1 N–H and O–H groups in total. The van der Waals surface area contributed by atoms with Gasteiger partial charge in [0.2, 0.25) is 0 Å². The molecule has 1 aliphatic heterocycles. The van der Waals surface area contributed by atoms with E-state index in [9.17, 15) is 14.9 Å². The Hall–Kier alpha value is -2.15. The van der Waals surface area contributed by atoms with Gasteiger partial charge in [-0.05, 0) is 19.4 Å². The van der Waals surface area contributed by atoms with Crippen molar-refractivity contribution in [1.82, 2.24) is 0 Å². The van der Waals surface area contributed by atoms with Gasteiger partial charge in [0.1, 0.15) is 0 Å². The summed E-state index contributed by atoms with van der Waals surface area (Å²) >= 11 is 0. The van der Waals surface area contributed by atoms with Crippen LogP contribution in [0.15, 0.2) is 12.1 Å². The van der Waals surface area contributed by atoms with Crippen molar-refractivity contribution < 1.29 is 19.6 Å². The van der Waals surface area contributed by atoms with Crippen LogP contribution in [-0.2, 0) is 4.74 Å². The molecule has 7 heteroatoms. The quantitative estimate of drug-likeness (QED) is 0.668. The molecule has 1 aromatic carbocycles. The molecule has 7 nitrogen and oxygen atoms in total. The molecule has 108 valence electrons. The van der Waals surface area contributed by atoms with Crippen molar-refractivity contribution in [2.75, 3.05) is 25.1 Å². The Labute approximate surface area is 115 Å². The number of anilines is 1. The summed E-state index contributed by atoms with van der Waals surface area (Å²) in [5.41, 5.74) is 0.840. The number of methoxy groups -OCH3 is 1. The van der Waals surface area contributed by atoms with Crippen molar-refractivity contribution in [1.29, 1.82) is 0 Å². The van der Waals surface area contributed by atoms with Gasteiger partial charge in [0.25, 0.3) is 5.69 Å². The van der Waals surface area contributed by atoms with E-state index < -0.39 is 10.9 Å². The first kappa shape index (κ1) is 14.3. The van der Waals surface area contributed by atoms with Gasteiger partial charge in [-0.25, -0.2) is 4.79 Å². The van der Waals surface area contributed by atoms with Crippen LogP contribution < -0.4 is 4.90 Å². The van der Waals surface area contributed by atoms with Gasteiger partial charge < -0.3 is 14.7 Å². The zero-order chi connectivity index (χ0) is 14.9. The van der Waals surface area contributed by atoms with Crippen LogP contribution in [0.1, 0.15) is 22.3 Å². The fourth-order valence-corrected chi connectivity index (χ4v) is 2.46. The lowest BCUT2D eigenvalue weighted by Crippen LogP contribution is -2.23. The molecule has 2 rings (SSSR count). The molecule has 0 spiro atoms. The molecule has 1 saturated heterocycles. The van der Waals surface area contributed by atoms with Gasteiger partial charge in [0.15, 0.2) is 0 Å². The van der Waals surface area contributed by atoms with Gasteiger partial charge in [-0.1, -0.05) is 0 Å². The fraction of sp³-hybridized carbons (Fsp3) is 0.462. The first-order valence-corrected chi connectivity index (χ1v) is 6.24. The number of hydrogen-bond donors (Lipinski definition) is 1. The molecule has 1 atom stereocenters. The van der Waals surface area contributed by atoms with E-state index in [2.05, 4.69) is 0 Å². The van der Waals surface area contributed by atoms with Crippen molar-refractivity contribution in [3.63, 3.8) is 0 Å². The summed E-state index contributed by atoms with van der Waals surface area (Å²) in [6, 6.07) is 2.59. The third kappa shape index (κ3) is 2.57. The normalized spacial score (nSPS) is 18.3. The highest BCUT2D eigenvalue weighted by Gasteiger charge is 2.27. The standard InChI is InChI=1S/C13H16N2O5/c1-8-11(14-4-3-10(7-14)20-2)5-9(13(16)17)6-12(8)15(18)19/h5-6,10H,3-4,7H2,1-2H3,(H,16,17). The van der Waals surface area contributed by atoms with E-state index in [-0.39, 0.29) is 17.4 Å². The number of nitro benzene ring substituents is 1. The van der Waals surface area contributed by atoms with Gasteiger partial charge in [0, 0.05) is 32.0 Å². The van der Waals surface area contributed by atoms with Crippen molar-refractivity contribution in [2.45, 2.75) is 19.4 Å². The molecular formula is C13H16N2O5. The predicted molar refractivity (Wildman–Crippen MR) is 72.4 cm³/mol. The number of carboxylic acid groups (broad SMARTS) is 1. The number of benzene rings is 1. The average molecular weight is 280 g/mol. The van der Waals surface area contributed by atoms with E-state index in [1.807, 2.05) is 4.90 Å². The van der Waals surface area contributed by atoms with Crippen LogP contribution in [0.25, 0.3) is 0 Å². The second kappa shape index (κ2) is 5.46. The zero-order valence-corrected chi connectivity index (χ0v) is 11.3. The molecule has 0 bridgehead atoms. The number of rotatable bonds is 4. The number of ether oxygens (including phenoxy) is 1. The molecule has 1 heterocycles. The summed E-state index contributed by atoms with van der Waals surface area (Å²) in [5.74, 6) is -1.17. The minimum Gasteiger partial charge on any atom is -0.478 e. The van der Waals surface area contributed by atoms with Crippen molar-refractivity contribution in [2.24, 2.45) is 0 Å². The van der Waals surface area contributed by atoms with Crippen LogP contribution in [0.3, 0.4) is 0 Å². The van der Waals surface area contributed by atoms with E-state index in [1.165, 1.54) is 6.07 Å². The first-order valence-electron chi connectivity index (χ1n) is 6.24. The smallest absolute Gasteiger partial charge is 0.336 e. The molecule has 1 aromatic rings. The number of carbonyl (C=O) groups is 1. The van der Waals surface area contributed by atoms with E-state index in [0.717, 1.165) is 12.5 Å². The number of nitrogens with zero attached hydrogens (tertiary/aromatic N) is 2. The van der Waals surface area contributed by atoms with Crippen LogP contribution in [0.5, 0.6) is 0 Å². The summed E-state index contributed by atoms with van der Waals surface area (Å²) in [5, 5.41) is 20.1. The van der Waals surface area contributed by atoms with Gasteiger partial charge in [-0.3, -0.25) is 10.1 Å². The number of hydrogen-bond acceptors (Lipinski definition) is 5. The predicted octanol–water partition coefficient (Wildman–Crippen LogP) is 1.83. The topological polar surface area (TPSA) is 92.9 Å². The zero-order valence-electron chi connectivity index (χ0n) is 11.3. The summed E-state index contributed by atoms with van der Waals surface area (Å²) in [6.45, 7) is 2.94. The SMILES string of the molecule is COC1CCN(c2cc(C(=O)O)cc([N+](=O)[O-])c2C)C1. The maximum Gasteiger partial charge on any atom is 0.336 e. The summed E-state index contributed by atoms with van der Waals surface area (Å²) < 4.78 is 5.27. The molecule has 0 aromatic heterocycles. The maximum absolute atomic E-state index is 11.1. The van der Waals surface area contributed by atoms with Crippen LogP contribution in [0.2, 0.25) is 0 Å². The van der Waals surface area contributed by atoms with E-state index in [4.69, 9.17) is 9.84 Å². The van der Waals surface area contributed by atoms with Gasteiger partial charge in [0.05, 0.1) is 22.2 Å². The number of carboxylic acids is 1. The summed E-state index contributed by atoms with van der Waals surface area (Å²) in [4.78, 5) is 23.5. The Morgan fingerprint density at radius 1 is 1.55 bits per heavy atom. The van der Waals surface area contributed by atoms with Crippen LogP contribution in [0, 0.1) is 17.0 Å². The molecule has 1 aliphatic rings. The largest absolute Gasteiger partial charge is 0.478 e. The number of nitro groups is 1. The molecular weight excluding hydrogens is 264 g/mol. The highest BCUT2D eigenvalue weighted by atomic mass is 16.6. The van der Waals surface area contributed by atoms with E-state index in [0.29, 0.717) is 24.3 Å². The van der Waals surface area contributed by atoms with Crippen LogP contribution >= 0.6 is 0 Å². The average Bonchev–Trinajstić information content (AvgIpc) is 2.86. The molecule has 0 amide bonds. The first-order chi connectivity index (χ1) is 9.43. The second-order valence-electron chi connectivity index (χ2n) is 4.79. The molecule has 1 fully saturated rings. The van der Waals surface area contributed by atoms with Gasteiger partial charge in [-0.2, -0.15) is 0 Å². The van der Waals surface area contributed by atoms with Crippen molar-refractivity contribution >= 4 is 17.3 Å². The summed E-state index contributed by atoms with van der Waals surface area (Å²) in [6.07, 6.45) is 0.892. The minimum absolute atomic E-state index is 0.0711. The highest BCUT2D eigenvalue weighted by Crippen LogP contribution is 2.32. The number of aromatic carboxylic acids is 1. The Kier molecular flexibility index (Phi) is 3.89. The minimum atomic E-state index is -1.17. The maximum atomic E-state index is 11.1. The Morgan fingerprint density at radius 3 is 2.75 bits per heavy atom. The van der Waals surface area contributed by atoms with Crippen molar-refractivity contribution in [3.8, 4) is 0 Å². The molecule has 0 aliphatic carbocycles.